The lowest BCUT2D eigenvalue weighted by Crippen LogP contribution is -2.49. The Hall–Kier alpha value is -4.38. The Bertz CT molecular complexity index is 2090. The van der Waals surface area contributed by atoms with Crippen LogP contribution in [0, 0.1) is 23.2 Å². The summed E-state index contributed by atoms with van der Waals surface area (Å²) in [4.78, 5) is 29.0. The first-order chi connectivity index (χ1) is 27.7. The molecule has 6 rings (SSSR count). The highest BCUT2D eigenvalue weighted by molar-refractivity contribution is 7.74. The molecule has 0 amide bonds. The second-order valence-electron chi connectivity index (χ2n) is 16.3. The van der Waals surface area contributed by atoms with E-state index in [-0.39, 0.29) is 24.3 Å². The van der Waals surface area contributed by atoms with E-state index in [9.17, 15) is 15.3 Å². The largest absolute Gasteiger partial charge is 0.487 e. The number of halogens is 1. The molecule has 13 heteroatoms. The molecular formula is C45H58ClN8O3S+. The van der Waals surface area contributed by atoms with Crippen LogP contribution in [0.4, 0.5) is 17.3 Å². The monoisotopic (exact) mass is 825 g/mol. The zero-order valence-corrected chi connectivity index (χ0v) is 36.4. The number of piperidine rings is 1. The summed E-state index contributed by atoms with van der Waals surface area (Å²) in [6, 6.07) is 22.4. The molecule has 0 aliphatic carbocycles. The summed E-state index contributed by atoms with van der Waals surface area (Å²) >= 11 is 11.1. The maximum absolute atomic E-state index is 13.2. The molecule has 2 N–H and O–H groups in total. The smallest absolute Gasteiger partial charge is 0.273 e. The summed E-state index contributed by atoms with van der Waals surface area (Å²) in [7, 11) is 1.43. The first-order valence-corrected chi connectivity index (χ1v) is 21.3. The molecule has 58 heavy (non-hydrogen) atoms. The van der Waals surface area contributed by atoms with Crippen LogP contribution >= 0.6 is 24.4 Å². The van der Waals surface area contributed by atoms with Crippen LogP contribution in [0.15, 0.2) is 66.9 Å². The van der Waals surface area contributed by atoms with Crippen molar-refractivity contribution in [1.29, 1.82) is 5.26 Å². The predicted octanol–water partition coefficient (Wildman–Crippen LogP) is 8.74. The number of rotatable bonds is 15. The number of Topliss-reactive ketones (excluding diaryl/α,β-unsaturated/α-hetero) is 1. The Morgan fingerprint density at radius 3 is 2.40 bits per heavy atom. The maximum atomic E-state index is 13.2. The van der Waals surface area contributed by atoms with Gasteiger partial charge in [-0.15, -0.1) is 0 Å². The average Bonchev–Trinajstić information content (AvgIpc) is 3.22. The first-order valence-electron chi connectivity index (χ1n) is 20.5. The minimum atomic E-state index is -0.800. The van der Waals surface area contributed by atoms with Crippen molar-refractivity contribution in [3.8, 4) is 11.8 Å². The molecule has 3 heterocycles. The fourth-order valence-electron chi connectivity index (χ4n) is 8.18. The molecule has 11 nitrogen and oxygen atoms in total. The number of hydrogen-bond donors (Lipinski definition) is 3. The molecule has 0 spiro atoms. The topological polar surface area (TPSA) is 118 Å². The second kappa shape index (κ2) is 18.7. The molecule has 2 fully saturated rings. The van der Waals surface area contributed by atoms with Gasteiger partial charge in [0.2, 0.25) is 0 Å². The van der Waals surface area contributed by atoms with Crippen LogP contribution in [0.25, 0.3) is 0 Å². The van der Waals surface area contributed by atoms with Crippen molar-refractivity contribution in [2.75, 3.05) is 68.1 Å². The van der Waals surface area contributed by atoms with Crippen LogP contribution in [0.5, 0.6) is 5.75 Å². The molecule has 3 aromatic carbocycles. The molecular weight excluding hydrogens is 768 g/mol. The van der Waals surface area contributed by atoms with Crippen molar-refractivity contribution in [3.63, 3.8) is 0 Å². The summed E-state index contributed by atoms with van der Waals surface area (Å²) in [5, 5.41) is 20.8. The third kappa shape index (κ3) is 10.2. The quantitative estimate of drug-likeness (QED) is 0.0465. The fourth-order valence-corrected chi connectivity index (χ4v) is 8.61. The molecule has 0 bridgehead atoms. The molecule has 4 aromatic rings. The van der Waals surface area contributed by atoms with Gasteiger partial charge in [-0.25, -0.2) is 9.97 Å². The number of benzene rings is 3. The van der Waals surface area contributed by atoms with E-state index in [4.69, 9.17) is 16.3 Å². The van der Waals surface area contributed by atoms with E-state index >= 15 is 0 Å². The zero-order valence-electron chi connectivity index (χ0n) is 34.7. The highest BCUT2D eigenvalue weighted by Gasteiger charge is 2.30. The van der Waals surface area contributed by atoms with Crippen molar-refractivity contribution < 1.29 is 18.9 Å². The van der Waals surface area contributed by atoms with Crippen LogP contribution < -0.4 is 20.0 Å². The molecule has 1 aromatic heterocycles. The number of nitrogens with one attached hydrogen (secondary N) is 1. The van der Waals surface area contributed by atoms with E-state index < -0.39 is 9.58 Å². The Morgan fingerprint density at radius 2 is 1.76 bits per heavy atom. The summed E-state index contributed by atoms with van der Waals surface area (Å²) in [6.07, 6.45) is 5.40. The van der Waals surface area contributed by atoms with Crippen LogP contribution in [0.2, 0.25) is 5.02 Å². The summed E-state index contributed by atoms with van der Waals surface area (Å²) in [6.45, 7) is 17.5. The molecule has 308 valence electrons. The number of aromatic nitrogens is 2. The predicted molar refractivity (Wildman–Crippen MR) is 235 cm³/mol. The number of piperazine rings is 1. The number of carbonyl (C=O) groups excluding carboxylic acids is 1. The lowest BCUT2D eigenvalue weighted by molar-refractivity contribution is -0.955. The van der Waals surface area contributed by atoms with Crippen molar-refractivity contribution >= 4 is 47.5 Å². The molecule has 2 unspecified atom stereocenters. The van der Waals surface area contributed by atoms with E-state index in [1.165, 1.54) is 18.3 Å². The van der Waals surface area contributed by atoms with Crippen molar-refractivity contribution in [2.45, 2.75) is 72.3 Å². The van der Waals surface area contributed by atoms with Crippen LogP contribution in [-0.4, -0.2) is 82.9 Å². The summed E-state index contributed by atoms with van der Waals surface area (Å²) < 4.78 is 5.20. The number of hydrogen-bond acceptors (Lipinski definition) is 11. The SMILES string of the molecule is CCc1c(C(=O)C(C)CC)cccc1N1CCN(CC2CCN(c3c(Cl)cc(C(C)(C)c4ccc(OCc5ccnc(N[N+](C)(O)S)n5)cc4)cc3C#N)CC2)CC1. The highest BCUT2D eigenvalue weighted by Crippen LogP contribution is 2.40. The molecule has 2 aliphatic heterocycles. The van der Waals surface area contributed by atoms with Crippen molar-refractivity contribution in [3.05, 3.63) is 105 Å². The molecule has 0 radical (unpaired) electrons. The van der Waals surface area contributed by atoms with Gasteiger partial charge in [-0.2, -0.15) is 15.9 Å². The maximum Gasteiger partial charge on any atom is 0.273 e. The van der Waals surface area contributed by atoms with E-state index in [2.05, 4.69) is 88.8 Å². The Labute approximate surface area is 354 Å². The van der Waals surface area contributed by atoms with Gasteiger partial charge in [-0.3, -0.25) is 9.69 Å². The van der Waals surface area contributed by atoms with Gasteiger partial charge < -0.3 is 14.5 Å². The number of hydroxylamine groups is 1. The number of thiol groups is 1. The Balaban J connectivity index is 1.03. The number of quaternary nitrogens is 1. The number of ketones is 1. The Morgan fingerprint density at radius 1 is 1.05 bits per heavy atom. The lowest BCUT2D eigenvalue weighted by atomic mass is 9.77. The number of nitriles is 1. The van der Waals surface area contributed by atoms with Gasteiger partial charge >= 0.3 is 0 Å². The van der Waals surface area contributed by atoms with Gasteiger partial charge in [-0.1, -0.05) is 70.5 Å². The molecule has 2 aliphatic rings. The summed E-state index contributed by atoms with van der Waals surface area (Å²) in [5.74, 6) is 1.80. The van der Waals surface area contributed by atoms with Crippen LogP contribution in [0.3, 0.4) is 0 Å². The number of carbonyl (C=O) groups is 1. The van der Waals surface area contributed by atoms with Gasteiger partial charge in [0.05, 0.1) is 22.0 Å². The number of ether oxygens (including phenoxy) is 1. The zero-order chi connectivity index (χ0) is 41.6. The number of nitrogens with zero attached hydrogens (tertiary/aromatic N) is 7. The normalized spacial score (nSPS) is 17.0. The van der Waals surface area contributed by atoms with Gasteiger partial charge in [0.1, 0.15) is 38.3 Å². The van der Waals surface area contributed by atoms with E-state index in [1.54, 1.807) is 12.3 Å². The van der Waals surface area contributed by atoms with Crippen LogP contribution in [0.1, 0.15) is 92.2 Å². The first kappa shape index (κ1) is 43.2. The fraction of sp³-hybridized carbons (Fsp3) is 0.467. The molecule has 0 saturated carbocycles. The lowest BCUT2D eigenvalue weighted by Gasteiger charge is -2.41. The van der Waals surface area contributed by atoms with Gasteiger partial charge in [0.25, 0.3) is 5.95 Å². The second-order valence-corrected chi connectivity index (χ2v) is 17.5. The third-order valence-corrected chi connectivity index (χ3v) is 12.3. The highest BCUT2D eigenvalue weighted by atomic mass is 35.5. The van der Waals surface area contributed by atoms with Crippen LogP contribution in [-0.2, 0) is 18.4 Å². The van der Waals surface area contributed by atoms with E-state index in [0.29, 0.717) is 27.9 Å². The molecule has 2 atom stereocenters. The van der Waals surface area contributed by atoms with Gasteiger partial charge in [0.15, 0.2) is 5.78 Å². The minimum Gasteiger partial charge on any atom is -0.487 e. The standard InChI is InChI=1S/C45H58ClN8O3S/c1-7-31(3)43(55)39-10-9-11-41(38(39)8-2)52-24-22-51(23-25-52)29-32-17-20-53(21-18-32)42-33(28-47)26-35(27-40(42)46)45(4,5)34-12-14-37(15-13-34)57-30-36-16-19-48-44(49-36)50-54(6,56)58/h9-16,19,26-27,31-32,56,58H,7-8,17-18,20-25,29-30H2,1-6H3,(H,48,49,50)/q+1. The van der Waals surface area contributed by atoms with Gasteiger partial charge in [-0.05, 0) is 88.9 Å². The Kier molecular flexibility index (Phi) is 13.9. The molecule has 2 saturated heterocycles. The van der Waals surface area contributed by atoms with Crippen molar-refractivity contribution in [2.24, 2.45) is 11.8 Å². The van der Waals surface area contributed by atoms with E-state index in [1.807, 2.05) is 49.4 Å². The van der Waals surface area contributed by atoms with Crippen molar-refractivity contribution in [1.82, 2.24) is 14.9 Å². The van der Waals surface area contributed by atoms with E-state index in [0.717, 1.165) is 93.9 Å². The third-order valence-electron chi connectivity index (χ3n) is 11.9. The average molecular weight is 827 g/mol. The van der Waals surface area contributed by atoms with Gasteiger partial charge in [0, 0.05) is 74.6 Å². The summed E-state index contributed by atoms with van der Waals surface area (Å²) in [5.41, 5.74) is 9.64. The minimum absolute atomic E-state index is 0.0384. The number of anilines is 3.